The third-order valence-electron chi connectivity index (χ3n) is 4.22. The van der Waals surface area contributed by atoms with Gasteiger partial charge in [0.15, 0.2) is 0 Å². The summed E-state index contributed by atoms with van der Waals surface area (Å²) in [6.45, 7) is 0. The maximum atomic E-state index is 10.6. The number of hydrogen-bond donors (Lipinski definition) is 2. The summed E-state index contributed by atoms with van der Waals surface area (Å²) in [5, 5.41) is 14.1. The Bertz CT molecular complexity index is 607. The van der Waals surface area contributed by atoms with Crippen molar-refractivity contribution in [1.82, 2.24) is 0 Å². The number of aliphatic hydroxyl groups excluding tert-OH is 1. The molecular weight excluding hydrogens is 260 g/mol. The Morgan fingerprint density at radius 1 is 1.10 bits per heavy atom. The zero-order chi connectivity index (χ0) is 14.8. The number of fused-ring (bicyclic) bond motifs is 1. The quantitative estimate of drug-likeness (QED) is 0.907. The Labute approximate surface area is 126 Å². The molecule has 3 rings (SSSR count). The molecule has 21 heavy (non-hydrogen) atoms. The molecule has 1 aliphatic heterocycles. The van der Waals surface area contributed by atoms with Gasteiger partial charge < -0.3 is 15.3 Å². The molecule has 1 heterocycles. The summed E-state index contributed by atoms with van der Waals surface area (Å²) in [7, 11) is 4.04. The molecule has 0 amide bonds. The number of hydrogen-bond acceptors (Lipinski definition) is 3. The highest BCUT2D eigenvalue weighted by Gasteiger charge is 2.25. The van der Waals surface area contributed by atoms with Crippen LogP contribution in [0.3, 0.4) is 0 Å². The summed E-state index contributed by atoms with van der Waals surface area (Å²) in [6.07, 6.45) is 1.49. The molecule has 0 aliphatic carbocycles. The molecule has 2 aromatic rings. The lowest BCUT2D eigenvalue weighted by molar-refractivity contribution is 0.149. The van der Waals surface area contributed by atoms with Crippen LogP contribution in [0.25, 0.3) is 0 Å². The fourth-order valence-corrected chi connectivity index (χ4v) is 2.90. The van der Waals surface area contributed by atoms with Crippen LogP contribution in [0.5, 0.6) is 0 Å². The molecule has 2 aromatic carbocycles. The maximum absolute atomic E-state index is 10.6. The number of nitrogens with zero attached hydrogens (tertiary/aromatic N) is 1. The van der Waals surface area contributed by atoms with Crippen molar-refractivity contribution in [2.75, 3.05) is 24.3 Å². The van der Waals surface area contributed by atoms with E-state index in [4.69, 9.17) is 0 Å². The van der Waals surface area contributed by atoms with Gasteiger partial charge >= 0.3 is 0 Å². The second kappa shape index (κ2) is 5.78. The predicted octanol–water partition coefficient (Wildman–Crippen LogP) is 3.21. The van der Waals surface area contributed by atoms with Gasteiger partial charge in [-0.15, -0.1) is 0 Å². The van der Waals surface area contributed by atoms with Crippen LogP contribution in [0.2, 0.25) is 0 Å². The fraction of sp³-hybridized carbons (Fsp3) is 0.333. The topological polar surface area (TPSA) is 35.5 Å². The molecule has 0 fully saturated rings. The number of para-hydroxylation sites is 1. The van der Waals surface area contributed by atoms with E-state index in [1.165, 1.54) is 5.56 Å². The summed E-state index contributed by atoms with van der Waals surface area (Å²) in [4.78, 5) is 2.06. The van der Waals surface area contributed by atoms with Crippen LogP contribution in [0.4, 0.5) is 11.4 Å². The van der Waals surface area contributed by atoms with Crippen molar-refractivity contribution in [2.45, 2.75) is 25.0 Å². The van der Waals surface area contributed by atoms with Crippen molar-refractivity contribution in [3.63, 3.8) is 0 Å². The molecular formula is C18H22N2O. The molecule has 0 radical (unpaired) electrons. The van der Waals surface area contributed by atoms with Gasteiger partial charge in [-0.2, -0.15) is 0 Å². The van der Waals surface area contributed by atoms with Gasteiger partial charge in [0.2, 0.25) is 0 Å². The van der Waals surface area contributed by atoms with E-state index in [0.717, 1.165) is 29.8 Å². The van der Waals surface area contributed by atoms with E-state index in [1.54, 1.807) is 0 Å². The fourth-order valence-electron chi connectivity index (χ4n) is 2.90. The molecule has 3 nitrogen and oxygen atoms in total. The van der Waals surface area contributed by atoms with Crippen LogP contribution >= 0.6 is 0 Å². The van der Waals surface area contributed by atoms with E-state index in [1.807, 2.05) is 32.3 Å². The Kier molecular flexibility index (Phi) is 3.84. The molecule has 0 bridgehead atoms. The van der Waals surface area contributed by atoms with Crippen molar-refractivity contribution in [3.05, 3.63) is 59.7 Å². The van der Waals surface area contributed by atoms with Gasteiger partial charge in [-0.25, -0.2) is 0 Å². The first-order valence-corrected chi connectivity index (χ1v) is 7.45. The molecule has 2 unspecified atom stereocenters. The van der Waals surface area contributed by atoms with E-state index in [2.05, 4.69) is 40.5 Å². The molecule has 0 aromatic heterocycles. The van der Waals surface area contributed by atoms with Crippen LogP contribution in [0, 0.1) is 0 Å². The van der Waals surface area contributed by atoms with E-state index in [0.29, 0.717) is 0 Å². The van der Waals surface area contributed by atoms with E-state index >= 15 is 0 Å². The summed E-state index contributed by atoms with van der Waals surface area (Å²) < 4.78 is 0. The molecule has 1 aliphatic rings. The third kappa shape index (κ3) is 2.88. The van der Waals surface area contributed by atoms with Gasteiger partial charge in [-0.05, 0) is 42.2 Å². The average molecular weight is 282 g/mol. The van der Waals surface area contributed by atoms with Crippen molar-refractivity contribution in [1.29, 1.82) is 0 Å². The van der Waals surface area contributed by atoms with Crippen LogP contribution in [0.15, 0.2) is 48.5 Å². The Hall–Kier alpha value is -2.00. The maximum Gasteiger partial charge on any atom is 0.0991 e. The number of aliphatic hydroxyl groups is 1. The van der Waals surface area contributed by atoms with Crippen LogP contribution < -0.4 is 10.2 Å². The smallest absolute Gasteiger partial charge is 0.0991 e. The van der Waals surface area contributed by atoms with Crippen LogP contribution in [-0.4, -0.2) is 25.2 Å². The largest absolute Gasteiger partial charge is 0.386 e. The first-order valence-electron chi connectivity index (χ1n) is 7.45. The minimum absolute atomic E-state index is 0.0742. The highest BCUT2D eigenvalue weighted by Crippen LogP contribution is 2.31. The van der Waals surface area contributed by atoms with Gasteiger partial charge in [0, 0.05) is 25.5 Å². The molecule has 3 heteroatoms. The summed E-state index contributed by atoms with van der Waals surface area (Å²) in [5.41, 5.74) is 4.60. The first-order chi connectivity index (χ1) is 10.1. The SMILES string of the molecule is CN(C)c1ccc(C(O)C2CCc3ccccc3N2)cc1. The van der Waals surface area contributed by atoms with Gasteiger partial charge in [-0.1, -0.05) is 30.3 Å². The predicted molar refractivity (Wildman–Crippen MR) is 87.9 cm³/mol. The second-order valence-electron chi connectivity index (χ2n) is 5.88. The molecule has 0 saturated heterocycles. The number of anilines is 2. The van der Waals surface area contributed by atoms with Gasteiger partial charge in [-0.3, -0.25) is 0 Å². The van der Waals surface area contributed by atoms with Crippen molar-refractivity contribution in [2.24, 2.45) is 0 Å². The van der Waals surface area contributed by atoms with E-state index in [-0.39, 0.29) is 6.04 Å². The standard InChI is InChI=1S/C18H22N2O/c1-20(2)15-10-7-14(8-11-15)18(21)17-12-9-13-5-3-4-6-16(13)19-17/h3-8,10-11,17-19,21H,9,12H2,1-2H3. The Morgan fingerprint density at radius 2 is 1.81 bits per heavy atom. The lowest BCUT2D eigenvalue weighted by Gasteiger charge is -2.31. The van der Waals surface area contributed by atoms with E-state index in [9.17, 15) is 5.11 Å². The summed E-state index contributed by atoms with van der Waals surface area (Å²) in [5.74, 6) is 0. The zero-order valence-electron chi connectivity index (χ0n) is 12.6. The Morgan fingerprint density at radius 3 is 2.52 bits per heavy atom. The van der Waals surface area contributed by atoms with Crippen molar-refractivity contribution >= 4 is 11.4 Å². The second-order valence-corrected chi connectivity index (χ2v) is 5.88. The third-order valence-corrected chi connectivity index (χ3v) is 4.22. The number of rotatable bonds is 3. The minimum Gasteiger partial charge on any atom is -0.386 e. The summed E-state index contributed by atoms with van der Waals surface area (Å²) >= 11 is 0. The number of nitrogens with one attached hydrogen (secondary N) is 1. The van der Waals surface area contributed by atoms with Crippen molar-refractivity contribution < 1.29 is 5.11 Å². The van der Waals surface area contributed by atoms with Gasteiger partial charge in [0.1, 0.15) is 0 Å². The van der Waals surface area contributed by atoms with E-state index < -0.39 is 6.10 Å². The normalized spacial score (nSPS) is 18.5. The molecule has 110 valence electrons. The first kappa shape index (κ1) is 14.0. The minimum atomic E-state index is -0.477. The molecule has 2 atom stereocenters. The van der Waals surface area contributed by atoms with Crippen LogP contribution in [-0.2, 0) is 6.42 Å². The van der Waals surface area contributed by atoms with Crippen molar-refractivity contribution in [3.8, 4) is 0 Å². The molecule has 0 spiro atoms. The number of benzene rings is 2. The Balaban J connectivity index is 1.75. The average Bonchev–Trinajstić information content (AvgIpc) is 2.54. The van der Waals surface area contributed by atoms with Gasteiger partial charge in [0.25, 0.3) is 0 Å². The monoisotopic (exact) mass is 282 g/mol. The van der Waals surface area contributed by atoms with Gasteiger partial charge in [0.05, 0.1) is 12.1 Å². The van der Waals surface area contributed by atoms with Crippen LogP contribution in [0.1, 0.15) is 23.7 Å². The zero-order valence-corrected chi connectivity index (χ0v) is 12.6. The number of aryl methyl sites for hydroxylation is 1. The highest BCUT2D eigenvalue weighted by molar-refractivity contribution is 5.54. The molecule has 2 N–H and O–H groups in total. The lowest BCUT2D eigenvalue weighted by atomic mass is 9.92. The molecule has 0 saturated carbocycles. The summed E-state index contributed by atoms with van der Waals surface area (Å²) in [6, 6.07) is 16.5. The highest BCUT2D eigenvalue weighted by atomic mass is 16.3. The lowest BCUT2D eigenvalue weighted by Crippen LogP contribution is -2.31.